The van der Waals surface area contributed by atoms with Crippen LogP contribution in [0.25, 0.3) is 0 Å². The molecule has 0 aromatic rings. The second-order valence-electron chi connectivity index (χ2n) is 4.36. The van der Waals surface area contributed by atoms with E-state index in [2.05, 4.69) is 0 Å². The standard InChI is InChI=1S/C13H16O6/c1-3-17-11(15)5-4-10-9(14)6-8-12(19-10)7(2)18-13(8)16/h4-7,9-10,12,14H,3H2,1-2H3/b5-4-/t7-,9?,10+,12+/m0/s1. The third-order valence-electron chi connectivity index (χ3n) is 2.96. The zero-order valence-corrected chi connectivity index (χ0v) is 10.7. The van der Waals surface area contributed by atoms with Gasteiger partial charge >= 0.3 is 11.9 Å². The SMILES string of the molecule is CCOC(=O)/C=C\[C@H]1O[C@H]2C(=CC1O)C(=O)O[C@H]2C. The molecule has 2 rings (SSSR count). The van der Waals surface area contributed by atoms with Gasteiger partial charge in [0.1, 0.15) is 24.4 Å². The summed E-state index contributed by atoms with van der Waals surface area (Å²) in [6, 6.07) is 0. The van der Waals surface area contributed by atoms with E-state index in [1.165, 1.54) is 18.2 Å². The van der Waals surface area contributed by atoms with Crippen LogP contribution in [0.1, 0.15) is 13.8 Å². The van der Waals surface area contributed by atoms with Gasteiger partial charge in [-0.2, -0.15) is 0 Å². The molecule has 2 aliphatic rings. The van der Waals surface area contributed by atoms with Crippen molar-refractivity contribution >= 4 is 11.9 Å². The number of ether oxygens (including phenoxy) is 3. The predicted octanol–water partition coefficient (Wildman–Crippen LogP) is 0.106. The van der Waals surface area contributed by atoms with Gasteiger partial charge in [0, 0.05) is 6.08 Å². The van der Waals surface area contributed by atoms with E-state index in [1.807, 2.05) is 0 Å². The van der Waals surface area contributed by atoms with Crippen molar-refractivity contribution in [2.75, 3.05) is 6.61 Å². The van der Waals surface area contributed by atoms with Gasteiger partial charge in [0.25, 0.3) is 0 Å². The summed E-state index contributed by atoms with van der Waals surface area (Å²) >= 11 is 0. The highest BCUT2D eigenvalue weighted by Gasteiger charge is 2.43. The van der Waals surface area contributed by atoms with Crippen molar-refractivity contribution in [3.05, 3.63) is 23.8 Å². The first kappa shape index (κ1) is 13.8. The Morgan fingerprint density at radius 3 is 3.00 bits per heavy atom. The Balaban J connectivity index is 2.08. The lowest BCUT2D eigenvalue weighted by molar-refractivity contribution is -0.139. The summed E-state index contributed by atoms with van der Waals surface area (Å²) in [5.41, 5.74) is 0.334. The van der Waals surface area contributed by atoms with E-state index in [0.29, 0.717) is 5.57 Å². The average molecular weight is 268 g/mol. The van der Waals surface area contributed by atoms with E-state index in [0.717, 1.165) is 0 Å². The van der Waals surface area contributed by atoms with E-state index < -0.39 is 36.4 Å². The maximum absolute atomic E-state index is 11.4. The summed E-state index contributed by atoms with van der Waals surface area (Å²) in [5, 5.41) is 9.85. The molecule has 2 aliphatic heterocycles. The van der Waals surface area contributed by atoms with E-state index in [4.69, 9.17) is 14.2 Å². The minimum atomic E-state index is -0.991. The molecule has 19 heavy (non-hydrogen) atoms. The molecule has 0 amide bonds. The van der Waals surface area contributed by atoms with Crippen LogP contribution in [-0.2, 0) is 23.8 Å². The Morgan fingerprint density at radius 2 is 2.32 bits per heavy atom. The summed E-state index contributed by atoms with van der Waals surface area (Å²) in [5.74, 6) is -0.968. The highest BCUT2D eigenvalue weighted by molar-refractivity contribution is 5.92. The van der Waals surface area contributed by atoms with Crippen LogP contribution in [0.3, 0.4) is 0 Å². The third kappa shape index (κ3) is 2.85. The molecule has 0 saturated carbocycles. The van der Waals surface area contributed by atoms with Gasteiger partial charge in [-0.3, -0.25) is 0 Å². The minimum absolute atomic E-state index is 0.281. The highest BCUT2D eigenvalue weighted by atomic mass is 16.6. The van der Waals surface area contributed by atoms with Crippen LogP contribution in [0, 0.1) is 0 Å². The highest BCUT2D eigenvalue weighted by Crippen LogP contribution is 2.30. The van der Waals surface area contributed by atoms with E-state index in [-0.39, 0.29) is 6.61 Å². The minimum Gasteiger partial charge on any atom is -0.463 e. The van der Waals surface area contributed by atoms with Crippen molar-refractivity contribution in [1.29, 1.82) is 0 Å². The van der Waals surface area contributed by atoms with Gasteiger partial charge in [-0.15, -0.1) is 0 Å². The lowest BCUT2D eigenvalue weighted by atomic mass is 9.99. The molecule has 1 saturated heterocycles. The number of hydrogen-bond acceptors (Lipinski definition) is 6. The van der Waals surface area contributed by atoms with Crippen LogP contribution >= 0.6 is 0 Å². The smallest absolute Gasteiger partial charge is 0.336 e. The topological polar surface area (TPSA) is 82.1 Å². The Labute approximate surface area is 110 Å². The molecule has 0 spiro atoms. The molecule has 2 heterocycles. The first-order chi connectivity index (χ1) is 9.02. The van der Waals surface area contributed by atoms with Crippen molar-refractivity contribution < 1.29 is 28.9 Å². The molecule has 0 aromatic carbocycles. The number of aliphatic hydroxyl groups excluding tert-OH is 1. The van der Waals surface area contributed by atoms with Crippen molar-refractivity contribution in [1.82, 2.24) is 0 Å². The maximum atomic E-state index is 11.4. The summed E-state index contributed by atoms with van der Waals surface area (Å²) < 4.78 is 15.3. The molecule has 4 atom stereocenters. The van der Waals surface area contributed by atoms with Crippen LogP contribution in [0.4, 0.5) is 0 Å². The maximum Gasteiger partial charge on any atom is 0.336 e. The van der Waals surface area contributed by atoms with E-state index >= 15 is 0 Å². The Morgan fingerprint density at radius 1 is 1.58 bits per heavy atom. The lowest BCUT2D eigenvalue weighted by Gasteiger charge is -2.28. The Kier molecular flexibility index (Phi) is 4.01. The Hall–Kier alpha value is -1.66. The molecule has 0 aliphatic carbocycles. The second kappa shape index (κ2) is 5.54. The van der Waals surface area contributed by atoms with Crippen LogP contribution in [-0.4, -0.2) is 48.1 Å². The van der Waals surface area contributed by atoms with Gasteiger partial charge < -0.3 is 19.3 Å². The molecule has 6 nitrogen and oxygen atoms in total. The van der Waals surface area contributed by atoms with Crippen LogP contribution in [0.15, 0.2) is 23.8 Å². The molecule has 1 fully saturated rings. The molecular formula is C13H16O6. The molecule has 1 N–H and O–H groups in total. The van der Waals surface area contributed by atoms with Gasteiger partial charge in [-0.25, -0.2) is 9.59 Å². The average Bonchev–Trinajstić information content (AvgIpc) is 2.62. The van der Waals surface area contributed by atoms with Crippen LogP contribution in [0.5, 0.6) is 0 Å². The van der Waals surface area contributed by atoms with Crippen LogP contribution in [0.2, 0.25) is 0 Å². The number of hydrogen-bond donors (Lipinski definition) is 1. The zero-order chi connectivity index (χ0) is 14.0. The summed E-state index contributed by atoms with van der Waals surface area (Å²) in [4.78, 5) is 22.6. The van der Waals surface area contributed by atoms with Crippen molar-refractivity contribution in [3.63, 3.8) is 0 Å². The molecular weight excluding hydrogens is 252 g/mol. The molecule has 0 radical (unpaired) electrons. The van der Waals surface area contributed by atoms with Crippen molar-refractivity contribution in [2.24, 2.45) is 0 Å². The molecule has 1 unspecified atom stereocenters. The molecule has 104 valence electrons. The predicted molar refractivity (Wildman–Crippen MR) is 64.1 cm³/mol. The van der Waals surface area contributed by atoms with E-state index in [9.17, 15) is 14.7 Å². The quantitative estimate of drug-likeness (QED) is 0.577. The number of carbonyl (C=O) groups excluding carboxylic acids is 2. The number of rotatable bonds is 3. The van der Waals surface area contributed by atoms with Gasteiger partial charge in [-0.1, -0.05) is 0 Å². The number of cyclic esters (lactones) is 1. The number of esters is 2. The first-order valence-electron chi connectivity index (χ1n) is 6.14. The fourth-order valence-corrected chi connectivity index (χ4v) is 2.07. The van der Waals surface area contributed by atoms with Gasteiger partial charge in [0.2, 0.25) is 0 Å². The van der Waals surface area contributed by atoms with Crippen molar-refractivity contribution in [2.45, 2.75) is 38.3 Å². The normalized spacial score (nSPS) is 33.8. The molecule has 0 aromatic heterocycles. The second-order valence-corrected chi connectivity index (χ2v) is 4.36. The van der Waals surface area contributed by atoms with E-state index in [1.54, 1.807) is 13.8 Å². The largest absolute Gasteiger partial charge is 0.463 e. The fraction of sp³-hybridized carbons (Fsp3) is 0.538. The van der Waals surface area contributed by atoms with Gasteiger partial charge in [0.15, 0.2) is 0 Å². The van der Waals surface area contributed by atoms with Crippen LogP contribution < -0.4 is 0 Å². The Bertz CT molecular complexity index is 438. The van der Waals surface area contributed by atoms with Crippen molar-refractivity contribution in [3.8, 4) is 0 Å². The fourth-order valence-electron chi connectivity index (χ4n) is 2.07. The number of aliphatic hydroxyl groups is 1. The summed E-state index contributed by atoms with van der Waals surface area (Å²) in [7, 11) is 0. The molecule has 6 heteroatoms. The lowest BCUT2D eigenvalue weighted by Crippen LogP contribution is -2.39. The zero-order valence-electron chi connectivity index (χ0n) is 10.7. The summed E-state index contributed by atoms with van der Waals surface area (Å²) in [6.07, 6.45) is 1.45. The molecule has 0 bridgehead atoms. The third-order valence-corrected chi connectivity index (χ3v) is 2.96. The monoisotopic (exact) mass is 268 g/mol. The van der Waals surface area contributed by atoms with Gasteiger partial charge in [0.05, 0.1) is 12.2 Å². The summed E-state index contributed by atoms with van der Waals surface area (Å²) in [6.45, 7) is 3.70. The number of fused-ring (bicyclic) bond motifs is 1. The first-order valence-corrected chi connectivity index (χ1v) is 6.14. The van der Waals surface area contributed by atoms with Gasteiger partial charge in [-0.05, 0) is 26.0 Å². The number of carbonyl (C=O) groups is 2.